The van der Waals surface area contributed by atoms with Crippen LogP contribution in [0.5, 0.6) is 0 Å². The predicted octanol–water partition coefficient (Wildman–Crippen LogP) is 2.11. The highest BCUT2D eigenvalue weighted by Crippen LogP contribution is 2.09. The van der Waals surface area contributed by atoms with Gasteiger partial charge in [-0.1, -0.05) is 30.3 Å². The van der Waals surface area contributed by atoms with Gasteiger partial charge in [0.05, 0.1) is 0 Å². The zero-order chi connectivity index (χ0) is 17.4. The first kappa shape index (κ1) is 18.3. The minimum atomic E-state index is -0.730. The average Bonchev–Trinajstić information content (AvgIpc) is 2.59. The fourth-order valence-electron chi connectivity index (χ4n) is 2.94. The molecule has 0 saturated carbocycles. The number of urea groups is 1. The summed E-state index contributed by atoms with van der Waals surface area (Å²) in [5.74, 6) is -0.730. The van der Waals surface area contributed by atoms with Crippen molar-refractivity contribution in [1.29, 1.82) is 0 Å². The van der Waals surface area contributed by atoms with Crippen molar-refractivity contribution in [1.82, 2.24) is 14.7 Å². The monoisotopic (exact) mass is 333 g/mol. The molecule has 6 heteroatoms. The lowest BCUT2D eigenvalue weighted by Crippen LogP contribution is -2.52. The number of carbonyl (C=O) groups is 2. The second-order valence-electron chi connectivity index (χ2n) is 6.30. The van der Waals surface area contributed by atoms with E-state index in [0.717, 1.165) is 44.7 Å². The maximum atomic E-state index is 12.5. The van der Waals surface area contributed by atoms with E-state index in [1.807, 2.05) is 42.3 Å². The number of hydrogen-bond donors (Lipinski definition) is 1. The first-order chi connectivity index (χ1) is 11.6. The third kappa shape index (κ3) is 5.85. The Kier molecular flexibility index (Phi) is 7.06. The van der Waals surface area contributed by atoms with Gasteiger partial charge in [0.15, 0.2) is 0 Å². The van der Waals surface area contributed by atoms with Gasteiger partial charge in [0.25, 0.3) is 0 Å². The number of nitrogens with zero attached hydrogens (tertiary/aromatic N) is 3. The van der Waals surface area contributed by atoms with Gasteiger partial charge in [-0.05, 0) is 24.9 Å². The molecule has 0 unspecified atom stereocenters. The van der Waals surface area contributed by atoms with Gasteiger partial charge < -0.3 is 14.9 Å². The molecular weight excluding hydrogens is 306 g/mol. The number of amides is 2. The maximum absolute atomic E-state index is 12.5. The Morgan fingerprint density at radius 1 is 1.08 bits per heavy atom. The maximum Gasteiger partial charge on any atom is 0.320 e. The van der Waals surface area contributed by atoms with Crippen LogP contribution in [0.25, 0.3) is 0 Å². The Hall–Kier alpha value is -2.08. The molecule has 2 amide bonds. The van der Waals surface area contributed by atoms with Crippen LogP contribution in [0.4, 0.5) is 4.79 Å². The van der Waals surface area contributed by atoms with E-state index >= 15 is 0 Å². The van der Waals surface area contributed by atoms with E-state index < -0.39 is 5.97 Å². The van der Waals surface area contributed by atoms with Crippen LogP contribution in [0.3, 0.4) is 0 Å². The van der Waals surface area contributed by atoms with Crippen LogP contribution in [-0.2, 0) is 11.3 Å². The second-order valence-corrected chi connectivity index (χ2v) is 6.30. The van der Waals surface area contributed by atoms with E-state index in [0.29, 0.717) is 13.0 Å². The van der Waals surface area contributed by atoms with E-state index in [1.165, 1.54) is 0 Å². The summed E-state index contributed by atoms with van der Waals surface area (Å²) in [6.45, 7) is 4.72. The number of carboxylic acid groups (broad SMARTS) is 1. The third-order valence-corrected chi connectivity index (χ3v) is 4.35. The van der Waals surface area contributed by atoms with Gasteiger partial charge in [0.1, 0.15) is 0 Å². The van der Waals surface area contributed by atoms with E-state index in [-0.39, 0.29) is 12.5 Å². The van der Waals surface area contributed by atoms with E-state index in [4.69, 9.17) is 5.11 Å². The Morgan fingerprint density at radius 2 is 1.75 bits per heavy atom. The van der Waals surface area contributed by atoms with Crippen LogP contribution < -0.4 is 0 Å². The molecule has 24 heavy (non-hydrogen) atoms. The molecule has 1 saturated heterocycles. The zero-order valence-electron chi connectivity index (χ0n) is 14.4. The molecule has 1 heterocycles. The molecule has 132 valence electrons. The summed E-state index contributed by atoms with van der Waals surface area (Å²) < 4.78 is 0. The lowest BCUT2D eigenvalue weighted by Gasteiger charge is -2.36. The van der Waals surface area contributed by atoms with Gasteiger partial charge in [0.2, 0.25) is 0 Å². The fourth-order valence-corrected chi connectivity index (χ4v) is 2.94. The third-order valence-electron chi connectivity index (χ3n) is 4.35. The Bertz CT molecular complexity index is 528. The molecule has 6 nitrogen and oxygen atoms in total. The van der Waals surface area contributed by atoms with Gasteiger partial charge in [-0.15, -0.1) is 0 Å². The minimum absolute atomic E-state index is 0.0735. The topological polar surface area (TPSA) is 64.1 Å². The second kappa shape index (κ2) is 9.27. The smallest absolute Gasteiger partial charge is 0.320 e. The zero-order valence-corrected chi connectivity index (χ0v) is 14.4. The van der Waals surface area contributed by atoms with E-state index in [2.05, 4.69) is 4.90 Å². The normalized spacial score (nSPS) is 15.3. The average molecular weight is 333 g/mol. The summed E-state index contributed by atoms with van der Waals surface area (Å²) in [4.78, 5) is 29.0. The highest BCUT2D eigenvalue weighted by Gasteiger charge is 2.23. The molecule has 1 aliphatic rings. The number of unbranched alkanes of at least 4 members (excludes halogenated alkanes) is 1. The highest BCUT2D eigenvalue weighted by atomic mass is 16.4. The molecule has 1 aromatic rings. The standard InChI is InChI=1S/C18H27N3O3/c1-19(15-16-7-3-2-4-8-16)18(24)21-13-11-20(12-14-21)10-6-5-9-17(22)23/h2-4,7-8H,5-6,9-15H2,1H3,(H,22,23). The van der Waals surface area contributed by atoms with Crippen molar-refractivity contribution in [2.24, 2.45) is 0 Å². The summed E-state index contributed by atoms with van der Waals surface area (Å²) >= 11 is 0. The van der Waals surface area contributed by atoms with Crippen LogP contribution >= 0.6 is 0 Å². The number of aliphatic carboxylic acids is 1. The molecule has 2 rings (SSSR count). The fraction of sp³-hybridized carbons (Fsp3) is 0.556. The molecule has 0 aliphatic carbocycles. The quantitative estimate of drug-likeness (QED) is 0.776. The number of hydrogen-bond acceptors (Lipinski definition) is 3. The van der Waals surface area contributed by atoms with Crippen LogP contribution in [-0.4, -0.2) is 71.6 Å². The predicted molar refractivity (Wildman–Crippen MR) is 92.8 cm³/mol. The summed E-state index contributed by atoms with van der Waals surface area (Å²) in [6, 6.07) is 10.1. The molecule has 0 spiro atoms. The van der Waals surface area contributed by atoms with E-state index in [9.17, 15) is 9.59 Å². The molecule has 1 aromatic carbocycles. The molecule has 1 aliphatic heterocycles. The Balaban J connectivity index is 1.69. The van der Waals surface area contributed by atoms with Crippen LogP contribution in [0.2, 0.25) is 0 Å². The number of piperazine rings is 1. The van der Waals surface area contributed by atoms with Crippen molar-refractivity contribution in [2.75, 3.05) is 39.8 Å². The summed E-state index contributed by atoms with van der Waals surface area (Å²) in [6.07, 6.45) is 1.85. The molecule has 0 bridgehead atoms. The van der Waals surface area contributed by atoms with E-state index in [1.54, 1.807) is 4.90 Å². The first-order valence-corrected chi connectivity index (χ1v) is 8.54. The van der Waals surface area contributed by atoms with Crippen LogP contribution in [0.1, 0.15) is 24.8 Å². The van der Waals surface area contributed by atoms with Gasteiger partial charge in [0, 0.05) is 46.2 Å². The van der Waals surface area contributed by atoms with Gasteiger partial charge in [-0.2, -0.15) is 0 Å². The van der Waals surface area contributed by atoms with Crippen molar-refractivity contribution in [3.05, 3.63) is 35.9 Å². The van der Waals surface area contributed by atoms with Crippen molar-refractivity contribution in [2.45, 2.75) is 25.8 Å². The van der Waals surface area contributed by atoms with Gasteiger partial charge in [-0.3, -0.25) is 9.69 Å². The minimum Gasteiger partial charge on any atom is -0.481 e. The SMILES string of the molecule is CN(Cc1ccccc1)C(=O)N1CCN(CCCCC(=O)O)CC1. The Labute approximate surface area is 143 Å². The molecule has 1 N–H and O–H groups in total. The van der Waals surface area contributed by atoms with Crippen molar-refractivity contribution < 1.29 is 14.7 Å². The lowest BCUT2D eigenvalue weighted by atomic mass is 10.2. The lowest BCUT2D eigenvalue weighted by molar-refractivity contribution is -0.137. The number of carboxylic acids is 1. The van der Waals surface area contributed by atoms with Crippen molar-refractivity contribution >= 4 is 12.0 Å². The number of carbonyl (C=O) groups excluding carboxylic acids is 1. The van der Waals surface area contributed by atoms with Crippen LogP contribution in [0.15, 0.2) is 30.3 Å². The summed E-state index contributed by atoms with van der Waals surface area (Å²) in [5, 5.41) is 8.64. The molecule has 1 fully saturated rings. The summed E-state index contributed by atoms with van der Waals surface area (Å²) in [5.41, 5.74) is 1.13. The highest BCUT2D eigenvalue weighted by molar-refractivity contribution is 5.74. The van der Waals surface area contributed by atoms with Gasteiger partial charge in [-0.25, -0.2) is 4.79 Å². The Morgan fingerprint density at radius 3 is 2.38 bits per heavy atom. The summed E-state index contributed by atoms with van der Waals surface area (Å²) in [7, 11) is 1.84. The van der Waals surface area contributed by atoms with Crippen LogP contribution in [0, 0.1) is 0 Å². The number of rotatable bonds is 7. The molecule has 0 atom stereocenters. The molecule has 0 aromatic heterocycles. The number of benzene rings is 1. The molecular formula is C18H27N3O3. The molecule has 0 radical (unpaired) electrons. The van der Waals surface area contributed by atoms with Gasteiger partial charge >= 0.3 is 12.0 Å². The van der Waals surface area contributed by atoms with Crippen molar-refractivity contribution in [3.63, 3.8) is 0 Å². The van der Waals surface area contributed by atoms with Crippen molar-refractivity contribution in [3.8, 4) is 0 Å². The first-order valence-electron chi connectivity index (χ1n) is 8.54. The largest absolute Gasteiger partial charge is 0.481 e.